The molecule has 2 aromatic rings. The van der Waals surface area contributed by atoms with Crippen molar-refractivity contribution in [3.05, 3.63) is 65.0 Å². The van der Waals surface area contributed by atoms with Crippen molar-refractivity contribution >= 4 is 22.6 Å². The van der Waals surface area contributed by atoms with Crippen LogP contribution in [0, 0.1) is 17.6 Å². The van der Waals surface area contributed by atoms with Crippen LogP contribution in [0.25, 0.3) is 0 Å². The van der Waals surface area contributed by atoms with E-state index in [9.17, 15) is 13.6 Å². The number of hydrogen-bond donors (Lipinski definition) is 0. The first-order valence-corrected chi connectivity index (χ1v) is 9.67. The molecule has 0 bridgehead atoms. The molecule has 0 radical (unpaired) electrons. The zero-order valence-corrected chi connectivity index (χ0v) is 15.6. The average Bonchev–Trinajstić information content (AvgIpc) is 3.07. The lowest BCUT2D eigenvalue weighted by Gasteiger charge is -2.34. The summed E-state index contributed by atoms with van der Waals surface area (Å²) in [6.07, 6.45) is 1.07. The van der Waals surface area contributed by atoms with Crippen molar-refractivity contribution in [2.75, 3.05) is 19.0 Å². The van der Waals surface area contributed by atoms with E-state index < -0.39 is 11.4 Å². The number of nitrogens with zero attached hydrogens (tertiary/aromatic N) is 2. The molecule has 7 heteroatoms. The fourth-order valence-electron chi connectivity index (χ4n) is 3.65. The number of fused-ring (bicyclic) bond motifs is 1. The number of thioether (sulfide) groups is 1. The van der Waals surface area contributed by atoms with Crippen LogP contribution in [0.2, 0.25) is 0 Å². The summed E-state index contributed by atoms with van der Waals surface area (Å²) in [6.45, 7) is 2.81. The lowest BCUT2D eigenvalue weighted by molar-refractivity contribution is 0.0988. The molecule has 2 aliphatic rings. The zero-order chi connectivity index (χ0) is 19.0. The van der Waals surface area contributed by atoms with Gasteiger partial charge in [-0.05, 0) is 36.8 Å². The summed E-state index contributed by atoms with van der Waals surface area (Å²) < 4.78 is 33.4. The third-order valence-electron chi connectivity index (χ3n) is 5.04. The Kier molecular flexibility index (Phi) is 4.82. The van der Waals surface area contributed by atoms with Crippen LogP contribution in [-0.2, 0) is 16.7 Å². The van der Waals surface area contributed by atoms with Gasteiger partial charge in [-0.25, -0.2) is 8.78 Å². The molecule has 0 aliphatic carbocycles. The molecule has 1 saturated heterocycles. The minimum atomic E-state index is -0.730. The summed E-state index contributed by atoms with van der Waals surface area (Å²) in [5.74, 6) is -0.152. The summed E-state index contributed by atoms with van der Waals surface area (Å²) in [7, 11) is 0. The minimum absolute atomic E-state index is 0.0605. The van der Waals surface area contributed by atoms with E-state index in [1.54, 1.807) is 23.9 Å². The number of halogens is 2. The normalized spacial score (nSPS) is 24.4. The Morgan fingerprint density at radius 1 is 1.33 bits per heavy atom. The lowest BCUT2D eigenvalue weighted by atomic mass is 9.80. The molecule has 2 atom stereocenters. The fraction of sp³-hybridized carbons (Fsp3) is 0.350. The molecule has 1 aromatic heterocycles. The Morgan fingerprint density at radius 2 is 2.19 bits per heavy atom. The van der Waals surface area contributed by atoms with Crippen LogP contribution in [0.5, 0.6) is 0 Å². The van der Waals surface area contributed by atoms with Crippen LogP contribution in [0.15, 0.2) is 41.5 Å². The molecule has 3 heterocycles. The van der Waals surface area contributed by atoms with E-state index in [2.05, 4.69) is 4.98 Å². The van der Waals surface area contributed by atoms with Crippen molar-refractivity contribution < 1.29 is 18.3 Å². The Hall–Kier alpha value is -2.12. The van der Waals surface area contributed by atoms with E-state index in [1.165, 1.54) is 18.2 Å². The molecule has 2 aliphatic heterocycles. The number of aliphatic imine (C=N–C) groups is 1. The summed E-state index contributed by atoms with van der Waals surface area (Å²) in [4.78, 5) is 21.0. The van der Waals surface area contributed by atoms with Crippen molar-refractivity contribution in [2.45, 2.75) is 18.9 Å². The molecule has 4 nitrogen and oxygen atoms in total. The average molecular weight is 388 g/mol. The van der Waals surface area contributed by atoms with Gasteiger partial charge in [-0.3, -0.25) is 14.8 Å². The van der Waals surface area contributed by atoms with E-state index in [0.717, 1.165) is 17.0 Å². The SMILES string of the molecule is CC1=N[C@@]2(c3cc(CC(=O)c4ccc(F)cn4)ccc3F)COCC2CS1. The number of pyridine rings is 1. The second-order valence-electron chi connectivity index (χ2n) is 6.85. The van der Waals surface area contributed by atoms with E-state index in [1.807, 2.05) is 6.92 Å². The quantitative estimate of drug-likeness (QED) is 0.748. The Labute approximate surface area is 160 Å². The molecule has 0 N–H and O–H groups in total. The van der Waals surface area contributed by atoms with Crippen molar-refractivity contribution in [1.29, 1.82) is 0 Å². The highest BCUT2D eigenvalue weighted by atomic mass is 32.2. The van der Waals surface area contributed by atoms with Gasteiger partial charge >= 0.3 is 0 Å². The maximum absolute atomic E-state index is 14.7. The van der Waals surface area contributed by atoms with Crippen molar-refractivity contribution in [3.8, 4) is 0 Å². The summed E-state index contributed by atoms with van der Waals surface area (Å²) >= 11 is 1.66. The van der Waals surface area contributed by atoms with E-state index in [0.29, 0.717) is 24.3 Å². The van der Waals surface area contributed by atoms with Gasteiger partial charge in [-0.2, -0.15) is 0 Å². The van der Waals surface area contributed by atoms with Gasteiger partial charge in [0.25, 0.3) is 0 Å². The van der Waals surface area contributed by atoms with E-state index in [-0.39, 0.29) is 29.6 Å². The van der Waals surface area contributed by atoms with Crippen LogP contribution < -0.4 is 0 Å². The zero-order valence-electron chi connectivity index (χ0n) is 14.7. The molecular formula is C20H18F2N2O2S. The van der Waals surface area contributed by atoms with Gasteiger partial charge in [0, 0.05) is 23.7 Å². The van der Waals surface area contributed by atoms with Gasteiger partial charge in [0.1, 0.15) is 22.9 Å². The number of ketones is 1. The van der Waals surface area contributed by atoms with Gasteiger partial charge in [0.05, 0.1) is 24.5 Å². The van der Waals surface area contributed by atoms with Crippen molar-refractivity contribution in [2.24, 2.45) is 10.9 Å². The molecule has 0 amide bonds. The van der Waals surface area contributed by atoms with Crippen LogP contribution in [-0.4, -0.2) is 34.8 Å². The van der Waals surface area contributed by atoms with Gasteiger partial charge in [-0.15, -0.1) is 11.8 Å². The monoisotopic (exact) mass is 388 g/mol. The second-order valence-corrected chi connectivity index (χ2v) is 8.07. The molecule has 0 saturated carbocycles. The Morgan fingerprint density at radius 3 is 2.96 bits per heavy atom. The Balaban J connectivity index is 1.67. The number of benzene rings is 1. The highest BCUT2D eigenvalue weighted by molar-refractivity contribution is 8.13. The minimum Gasteiger partial charge on any atom is -0.378 e. The maximum Gasteiger partial charge on any atom is 0.185 e. The Bertz CT molecular complexity index is 917. The van der Waals surface area contributed by atoms with Gasteiger partial charge in [-0.1, -0.05) is 6.07 Å². The molecular weight excluding hydrogens is 370 g/mol. The van der Waals surface area contributed by atoms with Crippen LogP contribution in [0.3, 0.4) is 0 Å². The predicted octanol–water partition coefficient (Wildman–Crippen LogP) is 3.79. The first-order chi connectivity index (χ1) is 13.0. The van der Waals surface area contributed by atoms with Crippen LogP contribution in [0.4, 0.5) is 8.78 Å². The lowest BCUT2D eigenvalue weighted by Crippen LogP contribution is -2.38. The molecule has 140 valence electrons. The highest BCUT2D eigenvalue weighted by Crippen LogP contribution is 2.45. The van der Waals surface area contributed by atoms with Gasteiger partial charge in [0.15, 0.2) is 5.78 Å². The topological polar surface area (TPSA) is 51.5 Å². The number of carbonyl (C=O) groups excluding carboxylic acids is 1. The fourth-order valence-corrected chi connectivity index (χ4v) is 4.69. The number of ether oxygens (including phenoxy) is 1. The summed E-state index contributed by atoms with van der Waals surface area (Å²) in [6, 6.07) is 7.24. The first-order valence-electron chi connectivity index (χ1n) is 8.68. The molecule has 4 rings (SSSR count). The van der Waals surface area contributed by atoms with Crippen LogP contribution in [0.1, 0.15) is 28.5 Å². The molecule has 27 heavy (non-hydrogen) atoms. The molecule has 0 spiro atoms. The molecule has 1 fully saturated rings. The van der Waals surface area contributed by atoms with Crippen LogP contribution >= 0.6 is 11.8 Å². The number of carbonyl (C=O) groups is 1. The third-order valence-corrected chi connectivity index (χ3v) is 6.12. The maximum atomic E-state index is 14.7. The number of rotatable bonds is 4. The summed E-state index contributed by atoms with van der Waals surface area (Å²) in [5, 5.41) is 0.910. The molecule has 1 unspecified atom stereocenters. The van der Waals surface area contributed by atoms with Crippen molar-refractivity contribution in [3.63, 3.8) is 0 Å². The second kappa shape index (κ2) is 7.13. The first kappa shape index (κ1) is 18.3. The third kappa shape index (κ3) is 3.41. The number of hydrogen-bond acceptors (Lipinski definition) is 5. The number of Topliss-reactive ketones (excluding diaryl/α,β-unsaturated/α-hetero) is 1. The van der Waals surface area contributed by atoms with Gasteiger partial charge in [0.2, 0.25) is 0 Å². The molecule has 1 aromatic carbocycles. The van der Waals surface area contributed by atoms with E-state index in [4.69, 9.17) is 9.73 Å². The standard InChI is InChI=1S/C20H18F2N2O2S/c1-12-24-20(11-26-9-14(20)10-27-12)16-6-13(2-4-17(16)22)7-19(25)18-5-3-15(21)8-23-18/h2-6,8,14H,7,9-11H2,1H3/t14?,20-/m0/s1. The number of aromatic nitrogens is 1. The van der Waals surface area contributed by atoms with Crippen molar-refractivity contribution in [1.82, 2.24) is 4.98 Å². The summed E-state index contributed by atoms with van der Waals surface area (Å²) in [5.41, 5.74) is 0.605. The van der Waals surface area contributed by atoms with E-state index >= 15 is 0 Å². The highest BCUT2D eigenvalue weighted by Gasteiger charge is 2.49. The van der Waals surface area contributed by atoms with Gasteiger partial charge < -0.3 is 4.74 Å². The predicted molar refractivity (Wildman–Crippen MR) is 100 cm³/mol. The smallest absolute Gasteiger partial charge is 0.185 e. The largest absolute Gasteiger partial charge is 0.378 e.